The first-order valence-corrected chi connectivity index (χ1v) is 9.03. The first-order chi connectivity index (χ1) is 12.7. The summed E-state index contributed by atoms with van der Waals surface area (Å²) >= 11 is 0. The number of urea groups is 1. The average Bonchev–Trinajstić information content (AvgIpc) is 3.42. The first-order valence-electron chi connectivity index (χ1n) is 9.03. The molecule has 1 aromatic carbocycles. The number of hydrogen-bond donors (Lipinski definition) is 2. The van der Waals surface area contributed by atoms with Crippen molar-refractivity contribution in [2.24, 2.45) is 0 Å². The highest BCUT2D eigenvalue weighted by atomic mass is 19.1. The van der Waals surface area contributed by atoms with E-state index in [1.807, 2.05) is 0 Å². The highest BCUT2D eigenvalue weighted by molar-refractivity contribution is 5.75. The van der Waals surface area contributed by atoms with Crippen molar-refractivity contribution in [1.29, 1.82) is 0 Å². The quantitative estimate of drug-likeness (QED) is 0.884. The molecule has 2 amide bonds. The molecule has 7 heteroatoms. The van der Waals surface area contributed by atoms with Gasteiger partial charge < -0.3 is 15.5 Å². The summed E-state index contributed by atoms with van der Waals surface area (Å²) in [6.07, 6.45) is 6.30. The van der Waals surface area contributed by atoms with Gasteiger partial charge in [-0.2, -0.15) is 0 Å². The van der Waals surface area contributed by atoms with Crippen molar-refractivity contribution < 1.29 is 9.18 Å². The van der Waals surface area contributed by atoms with Crippen molar-refractivity contribution in [3.05, 3.63) is 54.1 Å². The van der Waals surface area contributed by atoms with Gasteiger partial charge >= 0.3 is 6.03 Å². The van der Waals surface area contributed by atoms with Gasteiger partial charge in [0.2, 0.25) is 5.95 Å². The summed E-state index contributed by atoms with van der Waals surface area (Å²) in [6, 6.07) is 8.37. The van der Waals surface area contributed by atoms with Crippen LogP contribution < -0.4 is 15.5 Å². The minimum absolute atomic E-state index is 0.0792. The third kappa shape index (κ3) is 3.92. The Balaban J connectivity index is 1.27. The number of nitrogens with one attached hydrogen (secondary N) is 2. The van der Waals surface area contributed by atoms with Crippen LogP contribution in [0.5, 0.6) is 0 Å². The van der Waals surface area contributed by atoms with E-state index >= 15 is 0 Å². The molecular weight excluding hydrogens is 333 g/mol. The summed E-state index contributed by atoms with van der Waals surface area (Å²) in [5.74, 6) is 0.751. The van der Waals surface area contributed by atoms with Crippen molar-refractivity contribution in [3.8, 4) is 0 Å². The van der Waals surface area contributed by atoms with Gasteiger partial charge in [-0.15, -0.1) is 0 Å². The zero-order valence-corrected chi connectivity index (χ0v) is 14.4. The number of benzene rings is 1. The molecule has 1 aromatic heterocycles. The fourth-order valence-corrected chi connectivity index (χ4v) is 3.56. The molecule has 6 nitrogen and oxygen atoms in total. The lowest BCUT2D eigenvalue weighted by molar-refractivity contribution is 0.234. The maximum absolute atomic E-state index is 13.0. The number of halogens is 1. The van der Waals surface area contributed by atoms with Crippen molar-refractivity contribution in [3.63, 3.8) is 0 Å². The fraction of sp³-hybridized carbons (Fsp3) is 0.421. The molecule has 0 radical (unpaired) electrons. The number of carbonyl (C=O) groups is 1. The monoisotopic (exact) mass is 355 g/mol. The second-order valence-corrected chi connectivity index (χ2v) is 6.95. The largest absolute Gasteiger partial charge is 0.339 e. The van der Waals surface area contributed by atoms with E-state index in [-0.39, 0.29) is 29.8 Å². The van der Waals surface area contributed by atoms with Crippen LogP contribution in [-0.4, -0.2) is 41.2 Å². The number of hydrogen-bond acceptors (Lipinski definition) is 4. The number of anilines is 1. The van der Waals surface area contributed by atoms with Crippen LogP contribution in [0, 0.1) is 5.82 Å². The molecule has 3 atom stereocenters. The highest BCUT2D eigenvalue weighted by Gasteiger charge is 2.39. The van der Waals surface area contributed by atoms with Gasteiger partial charge in [0.1, 0.15) is 5.82 Å². The predicted molar refractivity (Wildman–Crippen MR) is 96.5 cm³/mol. The SMILES string of the molecule is O=C(N[C@@H]1CCCN(c2ncccn2)C1)N[C@@H]1C[C@H]1c1ccc(F)cc1. The Bertz CT molecular complexity index is 754. The maximum atomic E-state index is 13.0. The molecular formula is C19H22FN5O. The van der Waals surface area contributed by atoms with Crippen LogP contribution in [0.4, 0.5) is 15.1 Å². The van der Waals surface area contributed by atoms with Crippen molar-refractivity contribution in [1.82, 2.24) is 20.6 Å². The Morgan fingerprint density at radius 1 is 1.15 bits per heavy atom. The Morgan fingerprint density at radius 2 is 1.92 bits per heavy atom. The maximum Gasteiger partial charge on any atom is 0.315 e. The van der Waals surface area contributed by atoms with Crippen LogP contribution in [-0.2, 0) is 0 Å². The minimum atomic E-state index is -0.235. The number of rotatable bonds is 4. The van der Waals surface area contributed by atoms with Gasteiger partial charge in [0.25, 0.3) is 0 Å². The van der Waals surface area contributed by atoms with Crippen molar-refractivity contribution in [2.45, 2.75) is 37.3 Å². The molecule has 136 valence electrons. The summed E-state index contributed by atoms with van der Waals surface area (Å²) in [5.41, 5.74) is 1.07. The van der Waals surface area contributed by atoms with Crippen LogP contribution >= 0.6 is 0 Å². The zero-order valence-electron chi connectivity index (χ0n) is 14.4. The van der Waals surface area contributed by atoms with Gasteiger partial charge in [-0.1, -0.05) is 12.1 Å². The Labute approximate surface area is 151 Å². The standard InChI is InChI=1S/C19H22FN5O/c20-14-6-4-13(5-7-14)16-11-17(16)24-19(26)23-15-3-1-10-25(12-15)18-21-8-2-9-22-18/h2,4-9,15-17H,1,3,10-12H2,(H2,23,24,26)/t15-,16+,17-/m1/s1. The number of amides is 2. The van der Waals surface area contributed by atoms with Crippen LogP contribution in [0.25, 0.3) is 0 Å². The molecule has 0 unspecified atom stereocenters. The summed E-state index contributed by atoms with van der Waals surface area (Å²) in [6.45, 7) is 1.61. The minimum Gasteiger partial charge on any atom is -0.339 e. The second-order valence-electron chi connectivity index (χ2n) is 6.95. The van der Waals surface area contributed by atoms with Gasteiger partial charge in [-0.3, -0.25) is 0 Å². The lowest BCUT2D eigenvalue weighted by Gasteiger charge is -2.33. The molecule has 0 spiro atoms. The third-order valence-electron chi connectivity index (χ3n) is 5.00. The summed E-state index contributed by atoms with van der Waals surface area (Å²) < 4.78 is 13.0. The van der Waals surface area contributed by atoms with E-state index in [1.165, 1.54) is 12.1 Å². The fourth-order valence-electron chi connectivity index (χ4n) is 3.56. The molecule has 2 heterocycles. The van der Waals surface area contributed by atoms with E-state index < -0.39 is 0 Å². The lowest BCUT2D eigenvalue weighted by atomic mass is 10.1. The molecule has 1 aliphatic heterocycles. The van der Waals surface area contributed by atoms with Crippen LogP contribution in [0.3, 0.4) is 0 Å². The summed E-state index contributed by atoms with van der Waals surface area (Å²) in [7, 11) is 0. The van der Waals surface area contributed by atoms with E-state index in [2.05, 4.69) is 25.5 Å². The normalized spacial score (nSPS) is 24.8. The highest BCUT2D eigenvalue weighted by Crippen LogP contribution is 2.40. The Kier molecular flexibility index (Phi) is 4.69. The summed E-state index contributed by atoms with van der Waals surface area (Å²) in [4.78, 5) is 23.0. The van der Waals surface area contributed by atoms with Gasteiger partial charge in [-0.05, 0) is 43.0 Å². The number of piperidine rings is 1. The van der Waals surface area contributed by atoms with E-state index in [1.54, 1.807) is 30.6 Å². The van der Waals surface area contributed by atoms with E-state index in [9.17, 15) is 9.18 Å². The number of aromatic nitrogens is 2. The molecule has 0 bridgehead atoms. The van der Waals surface area contributed by atoms with E-state index in [4.69, 9.17) is 0 Å². The van der Waals surface area contributed by atoms with Gasteiger partial charge in [-0.25, -0.2) is 19.2 Å². The third-order valence-corrected chi connectivity index (χ3v) is 5.00. The smallest absolute Gasteiger partial charge is 0.315 e. The topological polar surface area (TPSA) is 70.2 Å². The molecule has 2 fully saturated rings. The lowest BCUT2D eigenvalue weighted by Crippen LogP contribution is -2.51. The molecule has 1 aliphatic carbocycles. The Morgan fingerprint density at radius 3 is 2.69 bits per heavy atom. The number of nitrogens with zero attached hydrogens (tertiary/aromatic N) is 3. The zero-order chi connectivity index (χ0) is 17.9. The van der Waals surface area contributed by atoms with Gasteiger partial charge in [0.05, 0.1) is 0 Å². The van der Waals surface area contributed by atoms with Gasteiger partial charge in [0.15, 0.2) is 0 Å². The average molecular weight is 355 g/mol. The predicted octanol–water partition coefficient (Wildman–Crippen LogP) is 2.44. The first kappa shape index (κ1) is 16.8. The van der Waals surface area contributed by atoms with Crippen molar-refractivity contribution >= 4 is 12.0 Å². The molecule has 2 aromatic rings. The van der Waals surface area contributed by atoms with E-state index in [0.717, 1.165) is 31.4 Å². The summed E-state index contributed by atoms with van der Waals surface area (Å²) in [5, 5.41) is 6.09. The molecule has 4 rings (SSSR count). The molecule has 2 aliphatic rings. The van der Waals surface area contributed by atoms with Crippen LogP contribution in [0.1, 0.15) is 30.7 Å². The van der Waals surface area contributed by atoms with Gasteiger partial charge in [0, 0.05) is 43.5 Å². The Hall–Kier alpha value is -2.70. The second kappa shape index (κ2) is 7.27. The van der Waals surface area contributed by atoms with Crippen LogP contribution in [0.15, 0.2) is 42.7 Å². The number of carbonyl (C=O) groups excluding carboxylic acids is 1. The van der Waals surface area contributed by atoms with E-state index in [0.29, 0.717) is 12.5 Å². The molecule has 1 saturated carbocycles. The van der Waals surface area contributed by atoms with Crippen LogP contribution in [0.2, 0.25) is 0 Å². The van der Waals surface area contributed by atoms with Crippen molar-refractivity contribution in [2.75, 3.05) is 18.0 Å². The molecule has 1 saturated heterocycles. The molecule has 26 heavy (non-hydrogen) atoms. The molecule has 2 N–H and O–H groups in total.